The van der Waals surface area contributed by atoms with E-state index in [0.29, 0.717) is 12.0 Å². The molecule has 0 aromatic heterocycles. The van der Waals surface area contributed by atoms with Crippen LogP contribution < -0.4 is 5.32 Å². The van der Waals surface area contributed by atoms with Crippen molar-refractivity contribution in [1.29, 1.82) is 0 Å². The lowest BCUT2D eigenvalue weighted by Crippen LogP contribution is -2.59. The van der Waals surface area contributed by atoms with Crippen molar-refractivity contribution in [2.75, 3.05) is 26.7 Å². The molecule has 1 rings (SSSR count). The van der Waals surface area contributed by atoms with E-state index in [9.17, 15) is 5.11 Å². The zero-order valence-corrected chi connectivity index (χ0v) is 13.8. The van der Waals surface area contributed by atoms with Gasteiger partial charge in [0.25, 0.3) is 0 Å². The summed E-state index contributed by atoms with van der Waals surface area (Å²) in [6, 6.07) is 0.501. The van der Waals surface area contributed by atoms with Gasteiger partial charge in [-0.1, -0.05) is 27.7 Å². The van der Waals surface area contributed by atoms with Crippen LogP contribution in [0.2, 0.25) is 0 Å². The normalized spacial score (nSPS) is 21.5. The summed E-state index contributed by atoms with van der Waals surface area (Å²) in [4.78, 5) is 2.41. The van der Waals surface area contributed by atoms with Crippen LogP contribution in [0.15, 0.2) is 0 Å². The van der Waals surface area contributed by atoms with Crippen molar-refractivity contribution in [2.24, 2.45) is 11.3 Å². The van der Waals surface area contributed by atoms with Gasteiger partial charge in [-0.05, 0) is 51.1 Å². The average Bonchev–Trinajstić information content (AvgIpc) is 3.16. The fourth-order valence-corrected chi connectivity index (χ4v) is 2.82. The highest BCUT2D eigenvalue weighted by atomic mass is 16.3. The van der Waals surface area contributed by atoms with Crippen LogP contribution in [-0.4, -0.2) is 48.3 Å². The second-order valence-corrected chi connectivity index (χ2v) is 7.47. The number of nitrogens with one attached hydrogen (secondary N) is 1. The van der Waals surface area contributed by atoms with Gasteiger partial charge in [-0.3, -0.25) is 0 Å². The summed E-state index contributed by atoms with van der Waals surface area (Å²) < 4.78 is 0. The Balaban J connectivity index is 2.71. The summed E-state index contributed by atoms with van der Waals surface area (Å²) in [5, 5.41) is 13.6. The van der Waals surface area contributed by atoms with E-state index < -0.39 is 0 Å². The molecule has 2 N–H and O–H groups in total. The molecular formula is C16H34N2O. The van der Waals surface area contributed by atoms with Crippen molar-refractivity contribution in [3.8, 4) is 0 Å². The zero-order chi connectivity index (χ0) is 14.7. The minimum absolute atomic E-state index is 0.0930. The number of aliphatic hydroxyl groups is 1. The molecule has 3 nitrogen and oxygen atoms in total. The maximum absolute atomic E-state index is 9.96. The topological polar surface area (TPSA) is 35.5 Å². The summed E-state index contributed by atoms with van der Waals surface area (Å²) in [6.07, 6.45) is 3.64. The van der Waals surface area contributed by atoms with Crippen LogP contribution in [0, 0.1) is 11.3 Å². The Morgan fingerprint density at radius 1 is 1.32 bits per heavy atom. The maximum Gasteiger partial charge on any atom is 0.0628 e. The largest absolute Gasteiger partial charge is 0.394 e. The maximum atomic E-state index is 9.96. The van der Waals surface area contributed by atoms with Gasteiger partial charge in [0, 0.05) is 12.6 Å². The third-order valence-electron chi connectivity index (χ3n) is 4.81. The highest BCUT2D eigenvalue weighted by Gasteiger charge is 2.45. The lowest BCUT2D eigenvalue weighted by Gasteiger charge is -2.42. The van der Waals surface area contributed by atoms with E-state index in [4.69, 9.17) is 0 Å². The third kappa shape index (κ3) is 4.44. The van der Waals surface area contributed by atoms with Gasteiger partial charge in [0.1, 0.15) is 0 Å². The van der Waals surface area contributed by atoms with Crippen LogP contribution in [0.1, 0.15) is 53.9 Å². The predicted octanol–water partition coefficient (Wildman–Crippen LogP) is 2.49. The molecule has 0 radical (unpaired) electrons. The molecule has 2 atom stereocenters. The molecule has 0 aromatic rings. The van der Waals surface area contributed by atoms with Gasteiger partial charge >= 0.3 is 0 Å². The van der Waals surface area contributed by atoms with E-state index in [1.165, 1.54) is 12.8 Å². The summed E-state index contributed by atoms with van der Waals surface area (Å²) >= 11 is 0. The van der Waals surface area contributed by atoms with E-state index in [1.807, 2.05) is 0 Å². The van der Waals surface area contributed by atoms with Crippen LogP contribution in [-0.2, 0) is 0 Å². The monoisotopic (exact) mass is 270 g/mol. The second-order valence-electron chi connectivity index (χ2n) is 7.47. The molecule has 0 aromatic carbocycles. The molecule has 0 saturated heterocycles. The molecule has 0 amide bonds. The van der Waals surface area contributed by atoms with Gasteiger partial charge in [0.05, 0.1) is 12.1 Å². The van der Waals surface area contributed by atoms with Gasteiger partial charge < -0.3 is 15.3 Å². The van der Waals surface area contributed by atoms with E-state index in [1.54, 1.807) is 0 Å². The summed E-state index contributed by atoms with van der Waals surface area (Å²) in [5.74, 6) is 0.652. The van der Waals surface area contributed by atoms with Crippen molar-refractivity contribution >= 4 is 0 Å². The predicted molar refractivity (Wildman–Crippen MR) is 82.4 cm³/mol. The molecule has 1 aliphatic rings. The second kappa shape index (κ2) is 6.55. The van der Waals surface area contributed by atoms with Crippen molar-refractivity contribution in [1.82, 2.24) is 10.2 Å². The van der Waals surface area contributed by atoms with Crippen LogP contribution in [0.25, 0.3) is 0 Å². The minimum Gasteiger partial charge on any atom is -0.394 e. The van der Waals surface area contributed by atoms with Gasteiger partial charge in [-0.2, -0.15) is 0 Å². The Morgan fingerprint density at radius 3 is 2.26 bits per heavy atom. The fourth-order valence-electron chi connectivity index (χ4n) is 2.82. The fraction of sp³-hybridized carbons (Fsp3) is 1.00. The van der Waals surface area contributed by atoms with Crippen molar-refractivity contribution in [3.05, 3.63) is 0 Å². The molecule has 0 spiro atoms. The molecule has 1 saturated carbocycles. The molecular weight excluding hydrogens is 236 g/mol. The van der Waals surface area contributed by atoms with Gasteiger partial charge in [0.15, 0.2) is 0 Å². The first kappa shape index (κ1) is 16.9. The van der Waals surface area contributed by atoms with Gasteiger partial charge in [0.2, 0.25) is 0 Å². The molecule has 1 fully saturated rings. The quantitative estimate of drug-likeness (QED) is 0.711. The molecule has 0 aliphatic heterocycles. The lowest BCUT2D eigenvalue weighted by molar-refractivity contribution is 0.0583. The molecule has 3 heteroatoms. The Kier molecular flexibility index (Phi) is 5.84. The highest BCUT2D eigenvalue weighted by Crippen LogP contribution is 2.40. The SMILES string of the molecule is CCCNC(CO)(CN(C)C(C)C(C)(C)C)C1CC1. The molecule has 0 bridgehead atoms. The standard InChI is InChI=1S/C16H34N2O/c1-7-10-17-16(12-19,14-8-9-14)11-18(6)13(2)15(3,4)5/h13-14,17,19H,7-12H2,1-6H3. The molecule has 1 aliphatic carbocycles. The Labute approximate surface area is 119 Å². The number of nitrogens with zero attached hydrogens (tertiary/aromatic N) is 1. The number of hydrogen-bond acceptors (Lipinski definition) is 3. The number of likely N-dealkylation sites (N-methyl/N-ethyl adjacent to an activating group) is 1. The van der Waals surface area contributed by atoms with E-state index in [-0.39, 0.29) is 17.6 Å². The van der Waals surface area contributed by atoms with Crippen LogP contribution in [0.5, 0.6) is 0 Å². The smallest absolute Gasteiger partial charge is 0.0628 e. The summed E-state index contributed by atoms with van der Waals surface area (Å²) in [5.41, 5.74) is 0.175. The lowest BCUT2D eigenvalue weighted by atomic mass is 9.85. The van der Waals surface area contributed by atoms with Crippen molar-refractivity contribution in [2.45, 2.75) is 65.5 Å². The number of aliphatic hydroxyl groups excluding tert-OH is 1. The minimum atomic E-state index is -0.0930. The first-order chi connectivity index (χ1) is 8.77. The first-order valence-corrected chi connectivity index (χ1v) is 7.83. The zero-order valence-electron chi connectivity index (χ0n) is 13.8. The molecule has 114 valence electrons. The van der Waals surface area contributed by atoms with Crippen LogP contribution >= 0.6 is 0 Å². The van der Waals surface area contributed by atoms with Crippen LogP contribution in [0.3, 0.4) is 0 Å². The van der Waals surface area contributed by atoms with Crippen molar-refractivity contribution < 1.29 is 5.11 Å². The van der Waals surface area contributed by atoms with E-state index >= 15 is 0 Å². The summed E-state index contributed by atoms with van der Waals surface area (Å²) in [6.45, 7) is 13.5. The average molecular weight is 270 g/mol. The number of rotatable bonds is 8. The molecule has 19 heavy (non-hydrogen) atoms. The highest BCUT2D eigenvalue weighted by molar-refractivity contribution is 5.03. The summed E-state index contributed by atoms with van der Waals surface area (Å²) in [7, 11) is 2.19. The van der Waals surface area contributed by atoms with Gasteiger partial charge in [-0.15, -0.1) is 0 Å². The first-order valence-electron chi connectivity index (χ1n) is 7.83. The third-order valence-corrected chi connectivity index (χ3v) is 4.81. The van der Waals surface area contributed by atoms with Gasteiger partial charge in [-0.25, -0.2) is 0 Å². The Hall–Kier alpha value is -0.120. The number of hydrogen-bond donors (Lipinski definition) is 2. The van der Waals surface area contributed by atoms with E-state index in [2.05, 4.69) is 51.9 Å². The Morgan fingerprint density at radius 2 is 1.89 bits per heavy atom. The Bertz CT molecular complexity index is 270. The van der Waals surface area contributed by atoms with Crippen molar-refractivity contribution in [3.63, 3.8) is 0 Å². The molecule has 0 heterocycles. The van der Waals surface area contributed by atoms with Crippen LogP contribution in [0.4, 0.5) is 0 Å². The van der Waals surface area contributed by atoms with E-state index in [0.717, 1.165) is 19.5 Å². The molecule has 2 unspecified atom stereocenters.